The van der Waals surface area contributed by atoms with Gasteiger partial charge in [-0.05, 0) is 44.9 Å². The fraction of sp³-hybridized carbons (Fsp3) is 0.854. The van der Waals surface area contributed by atoms with Gasteiger partial charge in [0.2, 0.25) is 5.91 Å². The molecule has 0 aromatic heterocycles. The van der Waals surface area contributed by atoms with Crippen LogP contribution in [0.15, 0.2) is 36.5 Å². The quantitative estimate of drug-likeness (QED) is 0.0323. The number of unbranched alkanes of at least 4 members (excludes halogenated alkanes) is 13. The number of hydrogen-bond acceptors (Lipinski definition) is 18. The summed E-state index contributed by atoms with van der Waals surface area (Å²) in [5, 5.41) is 119. The Morgan fingerprint density at radius 1 is 0.522 bits per heavy atom. The summed E-state index contributed by atoms with van der Waals surface area (Å²) in [6.07, 6.45) is 4.56. The van der Waals surface area contributed by atoms with E-state index in [1.54, 1.807) is 12.2 Å². The zero-order chi connectivity index (χ0) is 49.1. The third kappa shape index (κ3) is 20.0. The highest BCUT2D eigenvalue weighted by Crippen LogP contribution is 2.33. The van der Waals surface area contributed by atoms with Gasteiger partial charge in [-0.3, -0.25) is 4.79 Å². The predicted octanol–water partition coefficient (Wildman–Crippen LogP) is 1.03. The Kier molecular flexibility index (Phi) is 29.7. The van der Waals surface area contributed by atoms with Crippen LogP contribution in [0.1, 0.15) is 129 Å². The van der Waals surface area contributed by atoms with Crippen LogP contribution in [0.3, 0.4) is 0 Å². The second-order valence-electron chi connectivity index (χ2n) is 17.9. The van der Waals surface area contributed by atoms with E-state index in [-0.39, 0.29) is 18.9 Å². The summed E-state index contributed by atoms with van der Waals surface area (Å²) in [5.74, 6) is -0.328. The van der Waals surface area contributed by atoms with Gasteiger partial charge in [0.05, 0.1) is 38.6 Å². The average molecular weight is 964 g/mol. The van der Waals surface area contributed by atoms with Gasteiger partial charge in [0.25, 0.3) is 0 Å². The normalized spacial score (nSPS) is 33.8. The molecule has 67 heavy (non-hydrogen) atoms. The summed E-state index contributed by atoms with van der Waals surface area (Å²) >= 11 is 0. The van der Waals surface area contributed by atoms with Crippen LogP contribution in [0.5, 0.6) is 0 Å². The molecular weight excluding hydrogens is 879 g/mol. The van der Waals surface area contributed by atoms with Gasteiger partial charge in [0.1, 0.15) is 73.2 Å². The lowest BCUT2D eigenvalue weighted by atomic mass is 9.96. The van der Waals surface area contributed by atoms with Crippen molar-refractivity contribution in [1.82, 2.24) is 5.32 Å². The molecule has 390 valence electrons. The van der Waals surface area contributed by atoms with Crippen LogP contribution in [0.2, 0.25) is 0 Å². The van der Waals surface area contributed by atoms with Crippen molar-refractivity contribution in [3.05, 3.63) is 36.5 Å². The van der Waals surface area contributed by atoms with Crippen LogP contribution in [0.4, 0.5) is 0 Å². The Balaban J connectivity index is 1.48. The molecule has 0 spiro atoms. The molecule has 0 aliphatic carbocycles. The Morgan fingerprint density at radius 2 is 0.955 bits per heavy atom. The fourth-order valence-electron chi connectivity index (χ4n) is 8.20. The summed E-state index contributed by atoms with van der Waals surface area (Å²) in [7, 11) is 0. The minimum absolute atomic E-state index is 0.206. The van der Waals surface area contributed by atoms with E-state index in [9.17, 15) is 61.0 Å². The monoisotopic (exact) mass is 964 g/mol. The number of carbonyl (C=O) groups is 1. The minimum atomic E-state index is -1.98. The molecule has 3 aliphatic rings. The second kappa shape index (κ2) is 33.6. The lowest BCUT2D eigenvalue weighted by Gasteiger charge is -2.48. The maximum Gasteiger partial charge on any atom is 0.220 e. The van der Waals surface area contributed by atoms with E-state index in [1.807, 2.05) is 6.92 Å². The Morgan fingerprint density at radius 3 is 1.48 bits per heavy atom. The number of hydrogen-bond donors (Lipinski definition) is 12. The fourth-order valence-corrected chi connectivity index (χ4v) is 8.20. The van der Waals surface area contributed by atoms with Gasteiger partial charge < -0.3 is 89.9 Å². The van der Waals surface area contributed by atoms with Crippen molar-refractivity contribution in [2.75, 3.05) is 26.4 Å². The highest BCUT2D eigenvalue weighted by Gasteiger charge is 2.53. The van der Waals surface area contributed by atoms with Gasteiger partial charge in [-0.2, -0.15) is 0 Å². The first-order valence-electron chi connectivity index (χ1n) is 24.7. The summed E-state index contributed by atoms with van der Waals surface area (Å²) < 4.78 is 33.8. The van der Waals surface area contributed by atoms with Crippen molar-refractivity contribution in [2.45, 2.75) is 234 Å². The predicted molar refractivity (Wildman–Crippen MR) is 245 cm³/mol. The van der Waals surface area contributed by atoms with Gasteiger partial charge in [-0.1, -0.05) is 115 Å². The molecule has 17 atom stereocenters. The number of rotatable bonds is 33. The van der Waals surface area contributed by atoms with E-state index >= 15 is 0 Å². The summed E-state index contributed by atoms with van der Waals surface area (Å²) in [6, 6.07) is -0.987. The van der Waals surface area contributed by atoms with Crippen molar-refractivity contribution < 1.29 is 89.4 Å². The molecule has 3 aliphatic heterocycles. The first-order valence-corrected chi connectivity index (χ1v) is 24.7. The zero-order valence-corrected chi connectivity index (χ0v) is 39.6. The van der Waals surface area contributed by atoms with Crippen molar-refractivity contribution >= 4 is 5.91 Å². The molecule has 3 fully saturated rings. The molecule has 0 radical (unpaired) electrons. The Bertz CT molecular complexity index is 1390. The maximum atomic E-state index is 12.7. The van der Waals surface area contributed by atoms with Gasteiger partial charge in [-0.25, -0.2) is 0 Å². The van der Waals surface area contributed by atoms with Gasteiger partial charge in [0, 0.05) is 6.42 Å². The highest BCUT2D eigenvalue weighted by atomic mass is 16.8. The standard InChI is InChI=1S/C48H85NO18/c1-3-5-7-8-9-10-11-12-13-14-15-16-17-18-19-20-21-22-23-24-25-32(53)31(49-36(54)26-6-4-2)30-62-46-42(60)39(57)44(34(28-51)64-46)67-48-43(61)40(58)45(35(29-52)65-48)66-47-41(59)38(56)37(55)33(27-50)63-47/h16-17,20-21,24-25,31-35,37-48,50-53,55-61H,3-15,18-19,22-23,26-30H2,1-2H3,(H,49,54)/b17-16+,21-20+,25-24+. The van der Waals surface area contributed by atoms with Crippen molar-refractivity contribution in [2.24, 2.45) is 0 Å². The highest BCUT2D eigenvalue weighted by molar-refractivity contribution is 5.76. The molecule has 19 heteroatoms. The van der Waals surface area contributed by atoms with Crippen molar-refractivity contribution in [3.8, 4) is 0 Å². The first kappa shape index (κ1) is 59.3. The number of allylic oxidation sites excluding steroid dienone is 5. The zero-order valence-electron chi connectivity index (χ0n) is 39.6. The SMILES string of the molecule is CCCCCCCCCCCC/C=C/CC/C=C/CC/C=C/C(O)C(COC1OC(CO)C(OC2OC(CO)C(OC3OC(CO)C(O)C(O)C3O)C(O)C2O)C(O)C1O)NC(=O)CCCC. The van der Waals surface area contributed by atoms with Crippen LogP contribution in [-0.2, 0) is 33.2 Å². The van der Waals surface area contributed by atoms with E-state index in [0.717, 1.165) is 32.1 Å². The number of aliphatic hydroxyl groups excluding tert-OH is 11. The molecule has 12 N–H and O–H groups in total. The number of nitrogens with one attached hydrogen (secondary N) is 1. The van der Waals surface area contributed by atoms with Gasteiger partial charge in [0.15, 0.2) is 18.9 Å². The number of amides is 1. The average Bonchev–Trinajstić information content (AvgIpc) is 3.32. The van der Waals surface area contributed by atoms with Crippen molar-refractivity contribution in [1.29, 1.82) is 0 Å². The van der Waals surface area contributed by atoms with Gasteiger partial charge >= 0.3 is 0 Å². The van der Waals surface area contributed by atoms with E-state index < -0.39 is 124 Å². The molecule has 0 saturated carbocycles. The van der Waals surface area contributed by atoms with Crippen LogP contribution < -0.4 is 5.32 Å². The number of ether oxygens (including phenoxy) is 6. The lowest BCUT2D eigenvalue weighted by Crippen LogP contribution is -2.66. The van der Waals surface area contributed by atoms with E-state index in [2.05, 4.69) is 36.5 Å². The maximum absolute atomic E-state index is 12.7. The molecule has 0 aromatic carbocycles. The largest absolute Gasteiger partial charge is 0.394 e. The van der Waals surface area contributed by atoms with Crippen molar-refractivity contribution in [3.63, 3.8) is 0 Å². The van der Waals surface area contributed by atoms with E-state index in [0.29, 0.717) is 12.8 Å². The Labute approximate surface area is 396 Å². The molecule has 3 heterocycles. The number of carbonyl (C=O) groups excluding carboxylic acids is 1. The molecule has 3 saturated heterocycles. The molecular formula is C48H85NO18. The third-order valence-electron chi connectivity index (χ3n) is 12.4. The van der Waals surface area contributed by atoms with E-state index in [1.165, 1.54) is 64.2 Å². The molecule has 3 rings (SSSR count). The number of aliphatic hydroxyl groups is 11. The second-order valence-corrected chi connectivity index (χ2v) is 17.9. The van der Waals surface area contributed by atoms with Crippen LogP contribution in [0.25, 0.3) is 0 Å². The molecule has 17 unspecified atom stereocenters. The summed E-state index contributed by atoms with van der Waals surface area (Å²) in [4.78, 5) is 12.7. The lowest BCUT2D eigenvalue weighted by molar-refractivity contribution is -0.379. The molecule has 0 bridgehead atoms. The Hall–Kier alpha value is -1.99. The van der Waals surface area contributed by atoms with E-state index in [4.69, 9.17) is 28.4 Å². The topological polar surface area (TPSA) is 307 Å². The summed E-state index contributed by atoms with van der Waals surface area (Å²) in [5.41, 5.74) is 0. The molecule has 0 aromatic rings. The minimum Gasteiger partial charge on any atom is -0.394 e. The third-order valence-corrected chi connectivity index (χ3v) is 12.4. The van der Waals surface area contributed by atoms with Gasteiger partial charge in [-0.15, -0.1) is 0 Å². The molecule has 19 nitrogen and oxygen atoms in total. The summed E-state index contributed by atoms with van der Waals surface area (Å²) in [6.45, 7) is 1.38. The van der Waals surface area contributed by atoms with Crippen LogP contribution in [-0.4, -0.2) is 193 Å². The smallest absolute Gasteiger partial charge is 0.220 e. The first-order chi connectivity index (χ1) is 32.3. The van der Waals surface area contributed by atoms with Crippen LogP contribution in [0, 0.1) is 0 Å². The molecule has 1 amide bonds. The van der Waals surface area contributed by atoms with Crippen LogP contribution >= 0.6 is 0 Å².